The van der Waals surface area contributed by atoms with Crippen LogP contribution in [0.25, 0.3) is 93.9 Å². The van der Waals surface area contributed by atoms with Gasteiger partial charge in [-0.3, -0.25) is 0 Å². The standard InChI is InChI=1S/C64H44N2/c1-3-19-45(20-4-1)48-37-42-57(61(44-48)47-21-5-2-6-22-47)55-28-9-10-29-56(55)58-30-11-14-34-62(58)65(52-26-17-25-49(43-52)54-33-18-24-46-23-7-8-27-53(46)54)50-38-40-51(41-39-50)66-63-35-15-12-31-59(63)60-32-13-16-36-64(60)66/h1-44H. The molecule has 0 aliphatic carbocycles. The Morgan fingerprint density at radius 3 is 1.50 bits per heavy atom. The van der Waals surface area contributed by atoms with Crippen molar-refractivity contribution < 1.29 is 0 Å². The van der Waals surface area contributed by atoms with Crippen molar-refractivity contribution in [3.05, 3.63) is 267 Å². The average molecular weight is 841 g/mol. The molecule has 2 heteroatoms. The molecular formula is C64H44N2. The Bertz CT molecular complexity index is 3640. The van der Waals surface area contributed by atoms with Crippen molar-refractivity contribution >= 4 is 49.6 Å². The monoisotopic (exact) mass is 840 g/mol. The van der Waals surface area contributed by atoms with E-state index in [4.69, 9.17) is 0 Å². The van der Waals surface area contributed by atoms with Crippen molar-refractivity contribution in [3.8, 4) is 61.3 Å². The molecule has 0 saturated carbocycles. The smallest absolute Gasteiger partial charge is 0.0541 e. The lowest BCUT2D eigenvalue weighted by Gasteiger charge is -2.29. The fourth-order valence-corrected chi connectivity index (χ4v) is 9.96. The lowest BCUT2D eigenvalue weighted by Crippen LogP contribution is -2.11. The Labute approximate surface area is 385 Å². The third-order valence-electron chi connectivity index (χ3n) is 13.0. The van der Waals surface area contributed by atoms with Crippen molar-refractivity contribution in [3.63, 3.8) is 0 Å². The summed E-state index contributed by atoms with van der Waals surface area (Å²) in [6.45, 7) is 0. The molecule has 0 aliphatic heterocycles. The average Bonchev–Trinajstić information content (AvgIpc) is 3.74. The number of para-hydroxylation sites is 3. The van der Waals surface area contributed by atoms with Gasteiger partial charge < -0.3 is 9.47 Å². The molecule has 0 aliphatic rings. The van der Waals surface area contributed by atoms with Crippen molar-refractivity contribution in [2.45, 2.75) is 0 Å². The van der Waals surface area contributed by atoms with E-state index in [9.17, 15) is 0 Å². The molecule has 11 aromatic carbocycles. The maximum Gasteiger partial charge on any atom is 0.0541 e. The minimum Gasteiger partial charge on any atom is -0.310 e. The Balaban J connectivity index is 1.05. The summed E-state index contributed by atoms with van der Waals surface area (Å²) in [4.78, 5) is 2.44. The molecule has 0 fully saturated rings. The molecule has 310 valence electrons. The molecular weight excluding hydrogens is 797 g/mol. The minimum absolute atomic E-state index is 1.07. The number of rotatable bonds is 9. The zero-order valence-electron chi connectivity index (χ0n) is 36.3. The Morgan fingerprint density at radius 1 is 0.258 bits per heavy atom. The summed E-state index contributed by atoms with van der Waals surface area (Å²) in [6, 6.07) is 97.0. The van der Waals surface area contributed by atoms with Crippen LogP contribution in [-0.2, 0) is 0 Å². The molecule has 1 aromatic heterocycles. The number of anilines is 3. The van der Waals surface area contributed by atoms with Crippen LogP contribution >= 0.6 is 0 Å². The van der Waals surface area contributed by atoms with Gasteiger partial charge in [0, 0.05) is 33.4 Å². The predicted octanol–water partition coefficient (Wildman–Crippen LogP) is 17.7. The lowest BCUT2D eigenvalue weighted by molar-refractivity contribution is 1.17. The zero-order valence-corrected chi connectivity index (χ0v) is 36.3. The summed E-state index contributed by atoms with van der Waals surface area (Å²) >= 11 is 0. The molecule has 0 unspecified atom stereocenters. The van der Waals surface area contributed by atoms with Gasteiger partial charge in [-0.15, -0.1) is 0 Å². The van der Waals surface area contributed by atoms with E-state index in [1.807, 2.05) is 0 Å². The van der Waals surface area contributed by atoms with Gasteiger partial charge in [-0.05, 0) is 122 Å². The number of fused-ring (bicyclic) bond motifs is 4. The SMILES string of the molecule is c1ccc(-c2ccc(-c3ccccc3-c3ccccc3N(c3ccc(-n4c5ccccc5c5ccccc54)cc3)c3cccc(-c4cccc5ccccc45)c3)c(-c3ccccc3)c2)cc1. The number of hydrogen-bond acceptors (Lipinski definition) is 1. The lowest BCUT2D eigenvalue weighted by atomic mass is 9.87. The van der Waals surface area contributed by atoms with Crippen molar-refractivity contribution in [2.75, 3.05) is 4.90 Å². The van der Waals surface area contributed by atoms with Gasteiger partial charge in [0.05, 0.1) is 16.7 Å². The first-order valence-corrected chi connectivity index (χ1v) is 22.7. The second-order valence-corrected chi connectivity index (χ2v) is 16.9. The van der Waals surface area contributed by atoms with Gasteiger partial charge in [0.25, 0.3) is 0 Å². The normalized spacial score (nSPS) is 11.3. The third kappa shape index (κ3) is 6.93. The highest BCUT2D eigenvalue weighted by Gasteiger charge is 2.22. The quantitative estimate of drug-likeness (QED) is 0.141. The van der Waals surface area contributed by atoms with Gasteiger partial charge in [-0.25, -0.2) is 0 Å². The highest BCUT2D eigenvalue weighted by Crippen LogP contribution is 2.47. The second kappa shape index (κ2) is 16.8. The first kappa shape index (κ1) is 38.9. The Morgan fingerprint density at radius 2 is 0.773 bits per heavy atom. The van der Waals surface area contributed by atoms with Crippen LogP contribution in [0.5, 0.6) is 0 Å². The highest BCUT2D eigenvalue weighted by molar-refractivity contribution is 6.09. The molecule has 0 atom stereocenters. The van der Waals surface area contributed by atoms with E-state index in [0.717, 1.165) is 33.9 Å². The zero-order chi connectivity index (χ0) is 43.8. The fourth-order valence-electron chi connectivity index (χ4n) is 9.96. The summed E-state index contributed by atoms with van der Waals surface area (Å²) < 4.78 is 2.39. The van der Waals surface area contributed by atoms with Crippen molar-refractivity contribution in [1.29, 1.82) is 0 Å². The van der Waals surface area contributed by atoms with E-state index in [1.165, 1.54) is 77.1 Å². The molecule has 0 amide bonds. The molecule has 0 spiro atoms. The number of nitrogens with zero attached hydrogens (tertiary/aromatic N) is 2. The highest BCUT2D eigenvalue weighted by atomic mass is 15.1. The van der Waals surface area contributed by atoms with E-state index < -0.39 is 0 Å². The Kier molecular flexibility index (Phi) is 9.89. The van der Waals surface area contributed by atoms with Gasteiger partial charge in [0.2, 0.25) is 0 Å². The summed E-state index contributed by atoms with van der Waals surface area (Å²) in [6.07, 6.45) is 0. The van der Waals surface area contributed by atoms with Crippen LogP contribution in [0.15, 0.2) is 267 Å². The van der Waals surface area contributed by atoms with E-state index in [-0.39, 0.29) is 0 Å². The first-order valence-electron chi connectivity index (χ1n) is 22.7. The van der Waals surface area contributed by atoms with Gasteiger partial charge in [0.15, 0.2) is 0 Å². The van der Waals surface area contributed by atoms with Crippen LogP contribution in [-0.4, -0.2) is 4.57 Å². The Hall–Kier alpha value is -8.72. The molecule has 1 heterocycles. The number of benzene rings is 11. The van der Waals surface area contributed by atoms with Crippen LogP contribution in [0, 0.1) is 0 Å². The summed E-state index contributed by atoms with van der Waals surface area (Å²) in [5.74, 6) is 0. The van der Waals surface area contributed by atoms with E-state index >= 15 is 0 Å². The third-order valence-corrected chi connectivity index (χ3v) is 13.0. The molecule has 0 saturated heterocycles. The van der Waals surface area contributed by atoms with Crippen LogP contribution in [0.3, 0.4) is 0 Å². The molecule has 0 N–H and O–H groups in total. The second-order valence-electron chi connectivity index (χ2n) is 16.9. The minimum atomic E-state index is 1.07. The van der Waals surface area contributed by atoms with Crippen LogP contribution < -0.4 is 4.90 Å². The van der Waals surface area contributed by atoms with Gasteiger partial charge in [-0.2, -0.15) is 0 Å². The van der Waals surface area contributed by atoms with Crippen LogP contribution in [0.1, 0.15) is 0 Å². The fraction of sp³-hybridized carbons (Fsp3) is 0. The first-order chi connectivity index (χ1) is 32.8. The molecule has 12 rings (SSSR count). The molecule has 2 nitrogen and oxygen atoms in total. The molecule has 0 radical (unpaired) electrons. The van der Waals surface area contributed by atoms with Crippen molar-refractivity contribution in [2.24, 2.45) is 0 Å². The van der Waals surface area contributed by atoms with Gasteiger partial charge in [-0.1, -0.05) is 206 Å². The van der Waals surface area contributed by atoms with Gasteiger partial charge >= 0.3 is 0 Å². The van der Waals surface area contributed by atoms with Crippen molar-refractivity contribution in [1.82, 2.24) is 4.57 Å². The largest absolute Gasteiger partial charge is 0.310 e. The summed E-state index contributed by atoms with van der Waals surface area (Å²) in [5, 5.41) is 4.97. The van der Waals surface area contributed by atoms with Crippen LogP contribution in [0.2, 0.25) is 0 Å². The van der Waals surface area contributed by atoms with Crippen LogP contribution in [0.4, 0.5) is 17.1 Å². The maximum atomic E-state index is 2.44. The number of aromatic nitrogens is 1. The van der Waals surface area contributed by atoms with E-state index in [1.54, 1.807) is 0 Å². The maximum absolute atomic E-state index is 2.44. The topological polar surface area (TPSA) is 8.17 Å². The predicted molar refractivity (Wildman–Crippen MR) is 280 cm³/mol. The van der Waals surface area contributed by atoms with E-state index in [2.05, 4.69) is 276 Å². The van der Waals surface area contributed by atoms with Gasteiger partial charge in [0.1, 0.15) is 0 Å². The molecule has 0 bridgehead atoms. The molecule has 12 aromatic rings. The number of hydrogen-bond donors (Lipinski definition) is 0. The summed E-state index contributed by atoms with van der Waals surface area (Å²) in [5.41, 5.74) is 18.6. The van der Waals surface area contributed by atoms with E-state index in [0.29, 0.717) is 0 Å². The molecule has 66 heavy (non-hydrogen) atoms. The summed E-state index contributed by atoms with van der Waals surface area (Å²) in [7, 11) is 0.